The van der Waals surface area contributed by atoms with Gasteiger partial charge in [0.15, 0.2) is 5.75 Å². The maximum absolute atomic E-state index is 12.4. The molecule has 1 N–H and O–H groups in total. The number of carbonyl (C=O) groups excluding carboxylic acids is 1. The van der Waals surface area contributed by atoms with E-state index in [1.165, 1.54) is 5.56 Å². The van der Waals surface area contributed by atoms with E-state index in [1.807, 2.05) is 30.3 Å². The highest BCUT2D eigenvalue weighted by molar-refractivity contribution is 6.31. The number of rotatable bonds is 7. The molecule has 27 heavy (non-hydrogen) atoms. The number of carbonyl (C=O) groups is 1. The van der Waals surface area contributed by atoms with Gasteiger partial charge < -0.3 is 10.1 Å². The Morgan fingerprint density at radius 2 is 1.67 bits per heavy atom. The molecule has 1 amide bonds. The molecule has 0 aliphatic carbocycles. The molecule has 0 atom stereocenters. The average Bonchev–Trinajstić information content (AvgIpc) is 2.70. The van der Waals surface area contributed by atoms with Gasteiger partial charge >= 0.3 is 0 Å². The second-order valence-corrected chi connectivity index (χ2v) is 6.71. The molecule has 0 saturated heterocycles. The summed E-state index contributed by atoms with van der Waals surface area (Å²) in [6.07, 6.45) is 2.09. The topological polar surface area (TPSA) is 38.3 Å². The van der Waals surface area contributed by atoms with E-state index in [-0.39, 0.29) is 5.91 Å². The lowest BCUT2D eigenvalue weighted by Crippen LogP contribution is -2.13. The summed E-state index contributed by atoms with van der Waals surface area (Å²) in [4.78, 5) is 12.4. The van der Waals surface area contributed by atoms with Gasteiger partial charge in [0.05, 0.1) is 5.69 Å². The highest BCUT2D eigenvalue weighted by Gasteiger charge is 2.10. The van der Waals surface area contributed by atoms with Crippen molar-refractivity contribution in [1.29, 1.82) is 0 Å². The molecule has 0 aromatic heterocycles. The van der Waals surface area contributed by atoms with Crippen molar-refractivity contribution in [3.63, 3.8) is 0 Å². The fourth-order valence-corrected chi connectivity index (χ4v) is 2.89. The molecule has 0 unspecified atom stereocenters. The maximum Gasteiger partial charge on any atom is 0.224 e. The van der Waals surface area contributed by atoms with Crippen LogP contribution in [0.3, 0.4) is 0 Å². The molecule has 138 valence electrons. The number of hydrogen-bond donors (Lipinski definition) is 1. The van der Waals surface area contributed by atoms with Crippen molar-refractivity contribution in [2.75, 3.05) is 5.32 Å². The number of nitrogens with one attached hydrogen (secondary N) is 1. The molecular weight excluding hydrogens is 358 g/mol. The molecule has 0 aliphatic rings. The number of amides is 1. The largest absolute Gasteiger partial charge is 0.455 e. The minimum absolute atomic E-state index is 0.0743. The third-order valence-electron chi connectivity index (χ3n) is 4.26. The van der Waals surface area contributed by atoms with E-state index in [0.717, 1.165) is 12.0 Å². The molecule has 3 rings (SSSR count). The quantitative estimate of drug-likeness (QED) is 0.525. The van der Waals surface area contributed by atoms with Crippen molar-refractivity contribution in [3.05, 3.63) is 88.9 Å². The van der Waals surface area contributed by atoms with E-state index in [1.54, 1.807) is 18.2 Å². The normalized spacial score (nSPS) is 10.4. The summed E-state index contributed by atoms with van der Waals surface area (Å²) in [5.74, 6) is 1.19. The van der Waals surface area contributed by atoms with Crippen LogP contribution in [0.5, 0.6) is 11.5 Å². The number of para-hydroxylation sites is 1. The van der Waals surface area contributed by atoms with Gasteiger partial charge in [-0.05, 0) is 54.3 Å². The molecule has 0 bridgehead atoms. The monoisotopic (exact) mass is 379 g/mol. The van der Waals surface area contributed by atoms with E-state index in [4.69, 9.17) is 16.3 Å². The van der Waals surface area contributed by atoms with Gasteiger partial charge in [-0.25, -0.2) is 0 Å². The fraction of sp³-hybridized carbons (Fsp3) is 0.174. The lowest BCUT2D eigenvalue weighted by molar-refractivity contribution is -0.116. The van der Waals surface area contributed by atoms with Crippen LogP contribution in [0, 0.1) is 0 Å². The van der Waals surface area contributed by atoms with Crippen LogP contribution in [-0.2, 0) is 17.6 Å². The molecule has 3 aromatic rings. The molecule has 0 aliphatic heterocycles. The van der Waals surface area contributed by atoms with E-state index in [2.05, 4.69) is 36.5 Å². The molecule has 0 saturated carbocycles. The standard InChI is InChI=1S/C23H22ClNO2/c1-2-17-8-10-18(11-9-17)12-15-23(26)25-21-16-19(24)13-14-22(21)27-20-6-4-3-5-7-20/h3-11,13-14,16H,2,12,15H2,1H3,(H,25,26). The lowest BCUT2D eigenvalue weighted by atomic mass is 10.1. The Labute approximate surface area is 164 Å². The molecule has 0 fully saturated rings. The SMILES string of the molecule is CCc1ccc(CCC(=O)Nc2cc(Cl)ccc2Oc2ccccc2)cc1. The molecule has 4 heteroatoms. The summed E-state index contributed by atoms with van der Waals surface area (Å²) in [5.41, 5.74) is 3.01. The zero-order valence-corrected chi connectivity index (χ0v) is 16.0. The summed E-state index contributed by atoms with van der Waals surface area (Å²) in [6.45, 7) is 2.13. The van der Waals surface area contributed by atoms with Crippen molar-refractivity contribution in [2.24, 2.45) is 0 Å². The van der Waals surface area contributed by atoms with Crippen LogP contribution in [-0.4, -0.2) is 5.91 Å². The first-order chi connectivity index (χ1) is 13.1. The molecule has 3 aromatic carbocycles. The van der Waals surface area contributed by atoms with Crippen molar-refractivity contribution in [2.45, 2.75) is 26.2 Å². The third-order valence-corrected chi connectivity index (χ3v) is 4.49. The zero-order valence-electron chi connectivity index (χ0n) is 15.2. The molecule has 0 radical (unpaired) electrons. The van der Waals surface area contributed by atoms with E-state index >= 15 is 0 Å². The zero-order chi connectivity index (χ0) is 19.1. The van der Waals surface area contributed by atoms with Crippen molar-refractivity contribution in [1.82, 2.24) is 0 Å². The number of hydrogen-bond acceptors (Lipinski definition) is 2. The van der Waals surface area contributed by atoms with Crippen molar-refractivity contribution < 1.29 is 9.53 Å². The van der Waals surface area contributed by atoms with Crippen molar-refractivity contribution in [3.8, 4) is 11.5 Å². The Morgan fingerprint density at radius 3 is 2.37 bits per heavy atom. The molecule has 0 heterocycles. The van der Waals surface area contributed by atoms with Gasteiger partial charge in [-0.15, -0.1) is 0 Å². The summed E-state index contributed by atoms with van der Waals surface area (Å²) >= 11 is 6.10. The second-order valence-electron chi connectivity index (χ2n) is 6.27. The highest BCUT2D eigenvalue weighted by atomic mass is 35.5. The van der Waals surface area contributed by atoms with Gasteiger partial charge in [-0.3, -0.25) is 4.79 Å². The fourth-order valence-electron chi connectivity index (χ4n) is 2.72. The average molecular weight is 380 g/mol. The molecule has 0 spiro atoms. The smallest absolute Gasteiger partial charge is 0.224 e. The molecule has 3 nitrogen and oxygen atoms in total. The number of benzene rings is 3. The minimum Gasteiger partial charge on any atom is -0.455 e. The summed E-state index contributed by atoms with van der Waals surface area (Å²) in [6, 6.07) is 23.0. The molecular formula is C23H22ClNO2. The van der Waals surface area contributed by atoms with Crippen LogP contribution in [0.2, 0.25) is 5.02 Å². The van der Waals surface area contributed by atoms with E-state index < -0.39 is 0 Å². The second kappa shape index (κ2) is 9.24. The van der Waals surface area contributed by atoms with Crippen LogP contribution in [0.4, 0.5) is 5.69 Å². The predicted molar refractivity (Wildman–Crippen MR) is 111 cm³/mol. The Kier molecular flexibility index (Phi) is 6.50. The van der Waals surface area contributed by atoms with Gasteiger partial charge in [0.25, 0.3) is 0 Å². The van der Waals surface area contributed by atoms with Crippen molar-refractivity contribution >= 4 is 23.2 Å². The third kappa shape index (κ3) is 5.60. The Hall–Kier alpha value is -2.78. The van der Waals surface area contributed by atoms with Gasteiger partial charge in [0, 0.05) is 11.4 Å². The van der Waals surface area contributed by atoms with Crippen LogP contribution < -0.4 is 10.1 Å². The minimum atomic E-state index is -0.0743. The summed E-state index contributed by atoms with van der Waals surface area (Å²) < 4.78 is 5.88. The number of aryl methyl sites for hydroxylation is 2. The van der Waals surface area contributed by atoms with Gasteiger partial charge in [-0.1, -0.05) is 61.0 Å². The van der Waals surface area contributed by atoms with Crippen LogP contribution >= 0.6 is 11.6 Å². The Balaban J connectivity index is 1.64. The van der Waals surface area contributed by atoms with Gasteiger partial charge in [-0.2, -0.15) is 0 Å². The van der Waals surface area contributed by atoms with E-state index in [0.29, 0.717) is 35.1 Å². The maximum atomic E-state index is 12.4. The van der Waals surface area contributed by atoms with Crippen LogP contribution in [0.1, 0.15) is 24.5 Å². The predicted octanol–water partition coefficient (Wildman–Crippen LogP) is 6.27. The highest BCUT2D eigenvalue weighted by Crippen LogP contribution is 2.32. The Bertz CT molecular complexity index is 892. The van der Waals surface area contributed by atoms with E-state index in [9.17, 15) is 4.79 Å². The van der Waals surface area contributed by atoms with Crippen LogP contribution in [0.25, 0.3) is 0 Å². The lowest BCUT2D eigenvalue weighted by Gasteiger charge is -2.13. The number of halogens is 1. The van der Waals surface area contributed by atoms with Gasteiger partial charge in [0.2, 0.25) is 5.91 Å². The first-order valence-corrected chi connectivity index (χ1v) is 9.42. The van der Waals surface area contributed by atoms with Gasteiger partial charge in [0.1, 0.15) is 5.75 Å². The Morgan fingerprint density at radius 1 is 0.963 bits per heavy atom. The number of anilines is 1. The first-order valence-electron chi connectivity index (χ1n) is 9.04. The summed E-state index contributed by atoms with van der Waals surface area (Å²) in [7, 11) is 0. The first kappa shape index (κ1) is 19.0. The number of ether oxygens (including phenoxy) is 1. The van der Waals surface area contributed by atoms with Crippen LogP contribution in [0.15, 0.2) is 72.8 Å². The summed E-state index contributed by atoms with van der Waals surface area (Å²) in [5, 5.41) is 3.46.